The van der Waals surface area contributed by atoms with Gasteiger partial charge in [0.2, 0.25) is 11.9 Å². The van der Waals surface area contributed by atoms with Gasteiger partial charge in [-0.1, -0.05) is 6.42 Å². The highest BCUT2D eigenvalue weighted by atomic mass is 31.0. The van der Waals surface area contributed by atoms with E-state index in [1.165, 1.54) is 18.2 Å². The highest BCUT2D eigenvalue weighted by Gasteiger charge is 2.26. The number of benzene rings is 1. The molecule has 2 unspecified atom stereocenters. The summed E-state index contributed by atoms with van der Waals surface area (Å²) in [6.45, 7) is -0.261. The second-order valence-corrected chi connectivity index (χ2v) is 8.56. The molecule has 2 aromatic heterocycles. The van der Waals surface area contributed by atoms with Crippen molar-refractivity contribution in [2.45, 2.75) is 31.7 Å². The summed E-state index contributed by atoms with van der Waals surface area (Å²) in [7, 11) is 4.93. The lowest BCUT2D eigenvalue weighted by atomic mass is 9.80. The quantitative estimate of drug-likeness (QED) is 0.607. The van der Waals surface area contributed by atoms with E-state index in [1.807, 2.05) is 0 Å². The number of rotatable bonds is 5. The molecule has 1 fully saturated rings. The number of hydrogen-bond donors (Lipinski definition) is 1. The molecule has 2 heterocycles. The van der Waals surface area contributed by atoms with Crippen molar-refractivity contribution in [2.75, 3.05) is 5.32 Å². The monoisotopic (exact) mass is 443 g/mol. The molecule has 1 N–H and O–H groups in total. The van der Waals surface area contributed by atoms with Crippen LogP contribution in [0.25, 0.3) is 11.1 Å². The molecule has 4 rings (SSSR count). The molecule has 0 spiro atoms. The minimum Gasteiger partial charge on any atom is -0.293 e. The Bertz CT molecular complexity index is 1140. The zero-order valence-corrected chi connectivity index (χ0v) is 18.3. The topological polar surface area (TPSA) is 89.8 Å². The maximum absolute atomic E-state index is 13.9. The van der Waals surface area contributed by atoms with Crippen molar-refractivity contribution in [2.24, 2.45) is 0 Å². The molecule has 0 aliphatic heterocycles. The minimum absolute atomic E-state index is 0.155. The molecular formula is C20H20FN5O2P2. The van der Waals surface area contributed by atoms with Crippen LogP contribution in [0.15, 0.2) is 41.5 Å². The molecule has 1 amide bonds. The average molecular weight is 443 g/mol. The van der Waals surface area contributed by atoms with Crippen molar-refractivity contribution >= 4 is 40.9 Å². The third kappa shape index (κ3) is 4.61. The van der Waals surface area contributed by atoms with Gasteiger partial charge in [-0.15, -0.1) is 18.5 Å². The van der Waals surface area contributed by atoms with Crippen molar-refractivity contribution in [1.82, 2.24) is 19.7 Å². The lowest BCUT2D eigenvalue weighted by Gasteiger charge is -2.27. The van der Waals surface area contributed by atoms with Crippen LogP contribution in [0.1, 0.15) is 30.9 Å². The van der Waals surface area contributed by atoms with Gasteiger partial charge in [-0.25, -0.2) is 19.0 Å². The van der Waals surface area contributed by atoms with E-state index in [0.717, 1.165) is 29.2 Å². The number of amides is 1. The first kappa shape index (κ1) is 20.7. The van der Waals surface area contributed by atoms with Crippen molar-refractivity contribution < 1.29 is 9.18 Å². The van der Waals surface area contributed by atoms with Crippen molar-refractivity contribution in [3.05, 3.63) is 58.5 Å². The fourth-order valence-electron chi connectivity index (χ4n) is 3.30. The van der Waals surface area contributed by atoms with Crippen LogP contribution in [-0.2, 0) is 11.3 Å². The Hall–Kier alpha value is -2.56. The maximum Gasteiger partial charge on any atom is 0.267 e. The van der Waals surface area contributed by atoms with Crippen LogP contribution in [0.4, 0.5) is 10.3 Å². The van der Waals surface area contributed by atoms with Crippen molar-refractivity contribution in [3.63, 3.8) is 0 Å². The molecule has 0 radical (unpaired) electrons. The molecule has 1 aromatic carbocycles. The van der Waals surface area contributed by atoms with Crippen LogP contribution in [-0.4, -0.2) is 25.7 Å². The Balaban J connectivity index is 1.65. The molecule has 2 atom stereocenters. The number of nitrogens with one attached hydrogen (secondary N) is 1. The number of carbonyl (C=O) groups is 1. The SMILES string of the molecule is O=C(Cn1nc(C2CCC2)c(-c2cc(F)cc(P)c2)cc1=O)Nc1ncc(P)cn1. The molecule has 1 saturated carbocycles. The highest BCUT2D eigenvalue weighted by Crippen LogP contribution is 2.39. The summed E-state index contributed by atoms with van der Waals surface area (Å²) in [6.07, 6.45) is 6.08. The number of carbonyl (C=O) groups excluding carboxylic acids is 1. The van der Waals surface area contributed by atoms with Gasteiger partial charge in [-0.3, -0.25) is 14.9 Å². The molecule has 154 valence electrons. The van der Waals surface area contributed by atoms with E-state index in [1.54, 1.807) is 18.5 Å². The first-order valence-corrected chi connectivity index (χ1v) is 10.6. The lowest BCUT2D eigenvalue weighted by molar-refractivity contribution is -0.117. The summed E-state index contributed by atoms with van der Waals surface area (Å²) >= 11 is 0. The van der Waals surface area contributed by atoms with Crippen LogP contribution in [0, 0.1) is 5.82 Å². The summed E-state index contributed by atoms with van der Waals surface area (Å²) in [5, 5.41) is 8.53. The van der Waals surface area contributed by atoms with E-state index >= 15 is 0 Å². The summed E-state index contributed by atoms with van der Waals surface area (Å²) < 4.78 is 15.1. The van der Waals surface area contributed by atoms with Crippen molar-refractivity contribution in [3.8, 4) is 11.1 Å². The second kappa shape index (κ2) is 8.66. The fraction of sp³-hybridized carbons (Fsp3) is 0.250. The molecule has 1 aliphatic rings. The molecule has 3 aromatic rings. The number of nitrogens with zero attached hydrogens (tertiary/aromatic N) is 4. The summed E-state index contributed by atoms with van der Waals surface area (Å²) in [4.78, 5) is 33.1. The van der Waals surface area contributed by atoms with Gasteiger partial charge in [-0.2, -0.15) is 5.10 Å². The number of anilines is 1. The Morgan fingerprint density at radius 3 is 2.50 bits per heavy atom. The minimum atomic E-state index is -0.452. The molecular weight excluding hydrogens is 423 g/mol. The molecule has 0 saturated heterocycles. The van der Waals surface area contributed by atoms with E-state index in [0.29, 0.717) is 22.1 Å². The first-order valence-electron chi connectivity index (χ1n) is 9.45. The molecule has 7 nitrogen and oxygen atoms in total. The molecule has 10 heteroatoms. The molecule has 0 bridgehead atoms. The van der Waals surface area contributed by atoms with Gasteiger partial charge in [0.05, 0.1) is 5.69 Å². The smallest absolute Gasteiger partial charge is 0.267 e. The highest BCUT2D eigenvalue weighted by molar-refractivity contribution is 7.27. The third-order valence-corrected chi connectivity index (χ3v) is 5.60. The summed E-state index contributed by atoms with van der Waals surface area (Å²) in [6, 6.07) is 6.04. The van der Waals surface area contributed by atoms with Gasteiger partial charge in [0.25, 0.3) is 5.56 Å². The normalized spacial score (nSPS) is 13.7. The third-order valence-electron chi connectivity index (χ3n) is 4.97. The van der Waals surface area contributed by atoms with Gasteiger partial charge < -0.3 is 0 Å². The number of aromatic nitrogens is 4. The first-order chi connectivity index (χ1) is 14.4. The second-order valence-electron chi connectivity index (χ2n) is 7.23. The maximum atomic E-state index is 13.9. The molecule has 30 heavy (non-hydrogen) atoms. The number of halogens is 1. The lowest BCUT2D eigenvalue weighted by Crippen LogP contribution is -2.32. The Labute approximate surface area is 176 Å². The molecule has 1 aliphatic carbocycles. The van der Waals surface area contributed by atoms with Crippen LogP contribution in [0.5, 0.6) is 0 Å². The van der Waals surface area contributed by atoms with Crippen LogP contribution < -0.4 is 21.5 Å². The van der Waals surface area contributed by atoms with E-state index in [-0.39, 0.29) is 24.2 Å². The van der Waals surface area contributed by atoms with E-state index in [4.69, 9.17) is 0 Å². The van der Waals surface area contributed by atoms with Gasteiger partial charge in [-0.05, 0) is 41.9 Å². The van der Waals surface area contributed by atoms with E-state index in [2.05, 4.69) is 38.9 Å². The van der Waals surface area contributed by atoms with Gasteiger partial charge in [0, 0.05) is 35.2 Å². The van der Waals surface area contributed by atoms with Crippen LogP contribution in [0.3, 0.4) is 0 Å². The van der Waals surface area contributed by atoms with E-state index < -0.39 is 11.5 Å². The predicted molar refractivity (Wildman–Crippen MR) is 120 cm³/mol. The Morgan fingerprint density at radius 1 is 1.13 bits per heavy atom. The predicted octanol–water partition coefficient (Wildman–Crippen LogP) is 1.75. The standard InChI is InChI=1S/C20H20FN5O2P2/c21-13-4-12(5-14(29)6-13)16-7-18(28)26(25-19(16)11-2-1-3-11)10-17(27)24-20-22-8-15(30)9-23-20/h4-9,11H,1-3,10,29-30H2,(H,22,23,24,27). The van der Waals surface area contributed by atoms with Crippen LogP contribution >= 0.6 is 18.5 Å². The van der Waals surface area contributed by atoms with Gasteiger partial charge in [0.15, 0.2) is 0 Å². The van der Waals surface area contributed by atoms with E-state index in [9.17, 15) is 14.0 Å². The summed E-state index contributed by atoms with van der Waals surface area (Å²) in [5.74, 6) is -0.490. The van der Waals surface area contributed by atoms with Crippen molar-refractivity contribution in [1.29, 1.82) is 0 Å². The van der Waals surface area contributed by atoms with Gasteiger partial charge >= 0.3 is 0 Å². The number of hydrogen-bond acceptors (Lipinski definition) is 5. The fourth-order valence-corrected chi connectivity index (χ4v) is 3.79. The largest absolute Gasteiger partial charge is 0.293 e. The van der Waals surface area contributed by atoms with Crippen LogP contribution in [0.2, 0.25) is 0 Å². The Morgan fingerprint density at radius 2 is 1.87 bits per heavy atom. The zero-order valence-electron chi connectivity index (χ0n) is 16.0. The van der Waals surface area contributed by atoms with Gasteiger partial charge in [0.1, 0.15) is 12.4 Å². The Kier molecular flexibility index (Phi) is 5.98. The zero-order chi connectivity index (χ0) is 21.3. The summed E-state index contributed by atoms with van der Waals surface area (Å²) in [5.41, 5.74) is 1.50. The average Bonchev–Trinajstić information content (AvgIpc) is 2.64.